The van der Waals surface area contributed by atoms with E-state index >= 15 is 0 Å². The summed E-state index contributed by atoms with van der Waals surface area (Å²) < 4.78 is 1.99. The number of aliphatic imine (C=N–C) groups is 2. The Kier molecular flexibility index (Phi) is 8.30. The van der Waals surface area contributed by atoms with Crippen LogP contribution in [-0.4, -0.2) is 21.8 Å². The first-order valence-corrected chi connectivity index (χ1v) is 14.6. The predicted octanol–water partition coefficient (Wildman–Crippen LogP) is 10.1. The summed E-state index contributed by atoms with van der Waals surface area (Å²) in [4.78, 5) is 10.5. The van der Waals surface area contributed by atoms with Gasteiger partial charge in [0.25, 0.3) is 0 Å². The second kappa shape index (κ2) is 12.1. The number of hydrogen-bond donors (Lipinski definition) is 0. The van der Waals surface area contributed by atoms with E-state index in [0.29, 0.717) is 17.8 Å². The standard InChI is InChI=1S/C37H40N4/c1-24(2)29-19-13-15-27(7)35(29)39-37(28-16-9-8-10-17-28)41-34-22-12-11-18-32(34)33(40-41)23-38-36-30(25(3)4)20-14-21-31(36)26(5)6/h8-26H,1-7H3. The average molecular weight is 541 g/mol. The number of aromatic nitrogens is 2. The maximum absolute atomic E-state index is 5.35. The molecule has 0 radical (unpaired) electrons. The maximum atomic E-state index is 5.35. The third-order valence-corrected chi connectivity index (χ3v) is 7.62. The molecule has 0 aliphatic carbocycles. The Hall–Kier alpha value is -4.31. The van der Waals surface area contributed by atoms with Gasteiger partial charge in [-0.3, -0.25) is 4.99 Å². The Balaban J connectivity index is 1.74. The summed E-state index contributed by atoms with van der Waals surface area (Å²) >= 11 is 0. The molecule has 41 heavy (non-hydrogen) atoms. The molecule has 208 valence electrons. The van der Waals surface area contributed by atoms with Crippen LogP contribution in [0.1, 0.15) is 92.8 Å². The van der Waals surface area contributed by atoms with E-state index in [0.717, 1.165) is 44.9 Å². The molecule has 0 bridgehead atoms. The highest BCUT2D eigenvalue weighted by Crippen LogP contribution is 2.35. The van der Waals surface area contributed by atoms with E-state index in [1.807, 2.05) is 17.0 Å². The fraction of sp³-hybridized carbons (Fsp3) is 0.270. The van der Waals surface area contributed by atoms with Crippen molar-refractivity contribution < 1.29 is 0 Å². The highest BCUT2D eigenvalue weighted by molar-refractivity contribution is 6.09. The monoisotopic (exact) mass is 540 g/mol. The highest BCUT2D eigenvalue weighted by atomic mass is 15.3. The molecule has 0 atom stereocenters. The molecular formula is C37H40N4. The molecule has 0 saturated carbocycles. The summed E-state index contributed by atoms with van der Waals surface area (Å²) in [5, 5.41) is 6.21. The topological polar surface area (TPSA) is 42.5 Å². The second-order valence-corrected chi connectivity index (χ2v) is 11.6. The third-order valence-electron chi connectivity index (χ3n) is 7.62. The Bertz CT molecular complexity index is 1690. The minimum Gasteiger partial charge on any atom is -0.254 e. The molecule has 5 aromatic rings. The first-order valence-electron chi connectivity index (χ1n) is 14.6. The molecule has 4 nitrogen and oxygen atoms in total. The van der Waals surface area contributed by atoms with Crippen LogP contribution in [0.15, 0.2) is 101 Å². The Labute approximate surface area is 244 Å². The third kappa shape index (κ3) is 5.78. The van der Waals surface area contributed by atoms with Crippen molar-refractivity contribution in [1.82, 2.24) is 9.78 Å². The minimum absolute atomic E-state index is 0.346. The average Bonchev–Trinajstić information content (AvgIpc) is 3.33. The fourth-order valence-electron chi connectivity index (χ4n) is 5.36. The van der Waals surface area contributed by atoms with Crippen LogP contribution in [0.2, 0.25) is 0 Å². The van der Waals surface area contributed by atoms with Crippen LogP contribution in [0.5, 0.6) is 0 Å². The van der Waals surface area contributed by atoms with E-state index in [9.17, 15) is 0 Å². The summed E-state index contributed by atoms with van der Waals surface area (Å²) in [5.41, 5.74) is 9.76. The number of aryl methyl sites for hydroxylation is 1. The van der Waals surface area contributed by atoms with Crippen molar-refractivity contribution in [2.45, 2.75) is 66.2 Å². The van der Waals surface area contributed by atoms with E-state index in [4.69, 9.17) is 15.1 Å². The van der Waals surface area contributed by atoms with Gasteiger partial charge in [-0.05, 0) is 53.0 Å². The van der Waals surface area contributed by atoms with Gasteiger partial charge in [-0.2, -0.15) is 5.10 Å². The van der Waals surface area contributed by atoms with Crippen molar-refractivity contribution in [1.29, 1.82) is 0 Å². The number of hydrogen-bond acceptors (Lipinski definition) is 3. The van der Waals surface area contributed by atoms with Crippen molar-refractivity contribution in [3.05, 3.63) is 125 Å². The minimum atomic E-state index is 0.346. The molecule has 0 unspecified atom stereocenters. The zero-order valence-electron chi connectivity index (χ0n) is 25.3. The summed E-state index contributed by atoms with van der Waals surface area (Å²) in [6, 6.07) is 31.6. The summed E-state index contributed by atoms with van der Waals surface area (Å²) in [5.74, 6) is 1.88. The largest absolute Gasteiger partial charge is 0.254 e. The molecule has 0 amide bonds. The number of benzene rings is 4. The van der Waals surface area contributed by atoms with Crippen molar-refractivity contribution >= 4 is 34.3 Å². The predicted molar refractivity (Wildman–Crippen MR) is 175 cm³/mol. The molecule has 1 aromatic heterocycles. The van der Waals surface area contributed by atoms with Gasteiger partial charge in [0.05, 0.1) is 23.1 Å². The quantitative estimate of drug-likeness (QED) is 0.150. The van der Waals surface area contributed by atoms with Crippen LogP contribution >= 0.6 is 0 Å². The Morgan fingerprint density at radius 3 is 1.85 bits per heavy atom. The maximum Gasteiger partial charge on any atom is 0.161 e. The normalized spacial score (nSPS) is 12.5. The van der Waals surface area contributed by atoms with E-state index in [1.165, 1.54) is 16.7 Å². The zero-order chi connectivity index (χ0) is 29.1. The molecule has 0 aliphatic rings. The highest BCUT2D eigenvalue weighted by Gasteiger charge is 2.18. The Morgan fingerprint density at radius 2 is 1.22 bits per heavy atom. The van der Waals surface area contributed by atoms with Crippen molar-refractivity contribution in [2.75, 3.05) is 0 Å². The summed E-state index contributed by atoms with van der Waals surface area (Å²) in [7, 11) is 0. The number of nitrogens with zero attached hydrogens (tertiary/aromatic N) is 4. The molecular weight excluding hydrogens is 500 g/mol. The van der Waals surface area contributed by atoms with Gasteiger partial charge < -0.3 is 0 Å². The molecule has 0 fully saturated rings. The summed E-state index contributed by atoms with van der Waals surface area (Å²) in [6.45, 7) is 15.5. The van der Waals surface area contributed by atoms with Crippen molar-refractivity contribution in [2.24, 2.45) is 9.98 Å². The van der Waals surface area contributed by atoms with E-state index in [2.05, 4.69) is 133 Å². The smallest absolute Gasteiger partial charge is 0.161 e. The van der Waals surface area contributed by atoms with Gasteiger partial charge in [-0.1, -0.05) is 126 Å². The van der Waals surface area contributed by atoms with Crippen molar-refractivity contribution in [3.63, 3.8) is 0 Å². The lowest BCUT2D eigenvalue weighted by Gasteiger charge is -2.16. The van der Waals surface area contributed by atoms with Gasteiger partial charge in [-0.25, -0.2) is 9.67 Å². The Morgan fingerprint density at radius 1 is 0.659 bits per heavy atom. The van der Waals surface area contributed by atoms with Crippen LogP contribution in [0.4, 0.5) is 11.4 Å². The SMILES string of the molecule is Cc1cccc(C(C)C)c1N=C(c1ccccc1)n1nc(C=Nc2c(C(C)C)cccc2C(C)C)c2ccccc21. The van der Waals surface area contributed by atoms with Gasteiger partial charge in [-0.15, -0.1) is 0 Å². The lowest BCUT2D eigenvalue weighted by molar-refractivity contribution is 0.835. The first-order chi connectivity index (χ1) is 19.8. The van der Waals surface area contributed by atoms with Gasteiger partial charge in [0.15, 0.2) is 5.84 Å². The summed E-state index contributed by atoms with van der Waals surface area (Å²) in [6.07, 6.45) is 1.93. The van der Waals surface area contributed by atoms with Gasteiger partial charge in [0.1, 0.15) is 5.69 Å². The van der Waals surface area contributed by atoms with Gasteiger partial charge in [0.2, 0.25) is 0 Å². The molecule has 0 N–H and O–H groups in total. The lowest BCUT2D eigenvalue weighted by atomic mass is 9.93. The van der Waals surface area contributed by atoms with Gasteiger partial charge >= 0.3 is 0 Å². The molecule has 1 heterocycles. The van der Waals surface area contributed by atoms with E-state index in [-0.39, 0.29) is 0 Å². The number of rotatable bonds is 7. The fourth-order valence-corrected chi connectivity index (χ4v) is 5.36. The molecule has 0 spiro atoms. The van der Waals surface area contributed by atoms with Crippen molar-refractivity contribution in [3.8, 4) is 0 Å². The van der Waals surface area contributed by atoms with Crippen LogP contribution in [0, 0.1) is 6.92 Å². The lowest BCUT2D eigenvalue weighted by Crippen LogP contribution is -2.15. The van der Waals surface area contributed by atoms with Crippen LogP contribution < -0.4 is 0 Å². The molecule has 0 saturated heterocycles. The zero-order valence-corrected chi connectivity index (χ0v) is 25.3. The first kappa shape index (κ1) is 28.2. The van der Waals surface area contributed by atoms with Crippen LogP contribution in [0.3, 0.4) is 0 Å². The molecule has 0 aliphatic heterocycles. The van der Waals surface area contributed by atoms with Gasteiger partial charge in [0, 0.05) is 10.9 Å². The molecule has 4 aromatic carbocycles. The number of fused-ring (bicyclic) bond motifs is 1. The van der Waals surface area contributed by atoms with E-state index in [1.54, 1.807) is 0 Å². The second-order valence-electron chi connectivity index (χ2n) is 11.6. The van der Waals surface area contributed by atoms with Crippen LogP contribution in [-0.2, 0) is 0 Å². The number of para-hydroxylation sites is 3. The molecule has 5 rings (SSSR count). The van der Waals surface area contributed by atoms with Crippen LogP contribution in [0.25, 0.3) is 10.9 Å². The molecule has 4 heteroatoms. The van der Waals surface area contributed by atoms with E-state index < -0.39 is 0 Å².